The molecule has 0 spiro atoms. The van der Waals surface area contributed by atoms with Gasteiger partial charge in [0.15, 0.2) is 6.10 Å². The number of amides is 1. The van der Waals surface area contributed by atoms with Crippen molar-refractivity contribution in [2.45, 2.75) is 31.8 Å². The lowest BCUT2D eigenvalue weighted by Gasteiger charge is -2.35. The van der Waals surface area contributed by atoms with Crippen molar-refractivity contribution < 1.29 is 17.9 Å². The van der Waals surface area contributed by atoms with Gasteiger partial charge in [-0.05, 0) is 56.2 Å². The highest BCUT2D eigenvalue weighted by Gasteiger charge is 2.31. The van der Waals surface area contributed by atoms with Crippen LogP contribution in [0, 0.1) is 13.8 Å². The Kier molecular flexibility index (Phi) is 6.05. The van der Waals surface area contributed by atoms with Gasteiger partial charge in [0.1, 0.15) is 5.75 Å². The van der Waals surface area contributed by atoms with Crippen molar-refractivity contribution in [3.8, 4) is 5.75 Å². The van der Waals surface area contributed by atoms with Crippen LogP contribution in [0.5, 0.6) is 5.75 Å². The van der Waals surface area contributed by atoms with Crippen molar-refractivity contribution in [1.82, 2.24) is 9.21 Å². The Morgan fingerprint density at radius 2 is 1.61 bits per heavy atom. The molecule has 2 aromatic rings. The predicted octanol–water partition coefficient (Wildman–Crippen LogP) is 2.60. The molecule has 0 N–H and O–H groups in total. The van der Waals surface area contributed by atoms with Gasteiger partial charge >= 0.3 is 0 Å². The van der Waals surface area contributed by atoms with Gasteiger partial charge in [0.2, 0.25) is 10.0 Å². The number of benzene rings is 2. The molecule has 0 aromatic heterocycles. The van der Waals surface area contributed by atoms with Gasteiger partial charge in [-0.1, -0.05) is 24.3 Å². The zero-order chi connectivity index (χ0) is 20.3. The molecule has 0 saturated carbocycles. The summed E-state index contributed by atoms with van der Waals surface area (Å²) in [5, 5.41) is 0. The molecule has 0 unspecified atom stereocenters. The van der Waals surface area contributed by atoms with Crippen LogP contribution in [0.15, 0.2) is 53.4 Å². The molecule has 7 heteroatoms. The number of hydrogen-bond donors (Lipinski definition) is 0. The van der Waals surface area contributed by atoms with Gasteiger partial charge in [-0.2, -0.15) is 4.31 Å². The topological polar surface area (TPSA) is 66.9 Å². The normalized spacial score (nSPS) is 16.6. The fraction of sp³-hybridized carbons (Fsp3) is 0.381. The van der Waals surface area contributed by atoms with E-state index in [9.17, 15) is 13.2 Å². The third kappa shape index (κ3) is 4.36. The molecule has 1 heterocycles. The molecular weight excluding hydrogens is 376 g/mol. The smallest absolute Gasteiger partial charge is 0.263 e. The Morgan fingerprint density at radius 3 is 2.21 bits per heavy atom. The minimum Gasteiger partial charge on any atom is -0.481 e. The van der Waals surface area contributed by atoms with Crippen molar-refractivity contribution in [3.05, 3.63) is 59.7 Å². The fourth-order valence-electron chi connectivity index (χ4n) is 3.19. The summed E-state index contributed by atoms with van der Waals surface area (Å²) in [6.07, 6.45) is -0.626. The zero-order valence-corrected chi connectivity index (χ0v) is 17.3. The van der Waals surface area contributed by atoms with Crippen molar-refractivity contribution in [1.29, 1.82) is 0 Å². The van der Waals surface area contributed by atoms with Gasteiger partial charge in [0.25, 0.3) is 5.91 Å². The Hall–Kier alpha value is -2.38. The minimum absolute atomic E-state index is 0.130. The van der Waals surface area contributed by atoms with E-state index in [1.165, 1.54) is 9.87 Å². The van der Waals surface area contributed by atoms with Gasteiger partial charge in [-0.15, -0.1) is 0 Å². The van der Waals surface area contributed by atoms with E-state index in [0.717, 1.165) is 5.56 Å². The molecule has 1 fully saturated rings. The van der Waals surface area contributed by atoms with Crippen LogP contribution in [-0.4, -0.2) is 55.8 Å². The third-order valence-corrected chi connectivity index (χ3v) is 6.98. The van der Waals surface area contributed by atoms with Crippen molar-refractivity contribution in [3.63, 3.8) is 0 Å². The SMILES string of the molecule is Cc1ccc(O[C@H](C)C(=O)N2CCN(S(=O)(=O)c3ccccc3)CC2)cc1C. The van der Waals surface area contributed by atoms with Crippen LogP contribution >= 0.6 is 0 Å². The summed E-state index contributed by atoms with van der Waals surface area (Å²) in [4.78, 5) is 14.7. The van der Waals surface area contributed by atoms with Crippen LogP contribution in [0.3, 0.4) is 0 Å². The number of ether oxygens (including phenoxy) is 1. The van der Waals surface area contributed by atoms with Crippen molar-refractivity contribution >= 4 is 15.9 Å². The lowest BCUT2D eigenvalue weighted by Crippen LogP contribution is -2.53. The summed E-state index contributed by atoms with van der Waals surface area (Å²) in [6, 6.07) is 14.1. The first-order valence-electron chi connectivity index (χ1n) is 9.37. The first kappa shape index (κ1) is 20.4. The summed E-state index contributed by atoms with van der Waals surface area (Å²) < 4.78 is 32.6. The van der Waals surface area contributed by atoms with E-state index >= 15 is 0 Å². The summed E-state index contributed by atoms with van der Waals surface area (Å²) in [5.74, 6) is 0.532. The molecule has 0 radical (unpaired) electrons. The molecule has 150 valence electrons. The lowest BCUT2D eigenvalue weighted by molar-refractivity contribution is -0.139. The van der Waals surface area contributed by atoms with Crippen LogP contribution in [-0.2, 0) is 14.8 Å². The number of rotatable bonds is 5. The van der Waals surface area contributed by atoms with Gasteiger partial charge < -0.3 is 9.64 Å². The Bertz CT molecular complexity index is 936. The maximum atomic E-state index is 12.7. The standard InChI is InChI=1S/C21H26N2O4S/c1-16-9-10-19(15-17(16)2)27-18(3)21(24)22-11-13-23(14-12-22)28(25,26)20-7-5-4-6-8-20/h4-10,15,18H,11-14H2,1-3H3/t18-/m1/s1. The number of carbonyl (C=O) groups excluding carboxylic acids is 1. The van der Waals surface area contributed by atoms with E-state index in [1.54, 1.807) is 42.2 Å². The summed E-state index contributed by atoms with van der Waals surface area (Å²) in [6.45, 7) is 7.01. The summed E-state index contributed by atoms with van der Waals surface area (Å²) in [7, 11) is -3.52. The van der Waals surface area contributed by atoms with E-state index in [0.29, 0.717) is 18.8 Å². The predicted molar refractivity (Wildman–Crippen MR) is 108 cm³/mol. The van der Waals surface area contributed by atoms with Gasteiger partial charge in [-0.25, -0.2) is 8.42 Å². The second-order valence-corrected chi connectivity index (χ2v) is 8.99. The van der Waals surface area contributed by atoms with E-state index in [2.05, 4.69) is 0 Å². The highest BCUT2D eigenvalue weighted by atomic mass is 32.2. The number of aryl methyl sites for hydroxylation is 2. The molecule has 0 bridgehead atoms. The molecule has 1 amide bonds. The molecule has 2 aromatic carbocycles. The monoisotopic (exact) mass is 402 g/mol. The van der Waals surface area contributed by atoms with Crippen LogP contribution in [0.2, 0.25) is 0 Å². The molecule has 0 aliphatic carbocycles. The quantitative estimate of drug-likeness (QED) is 0.771. The second kappa shape index (κ2) is 8.32. The van der Waals surface area contributed by atoms with Crippen molar-refractivity contribution in [2.24, 2.45) is 0 Å². The summed E-state index contributed by atoms with van der Waals surface area (Å²) in [5.41, 5.74) is 2.28. The third-order valence-electron chi connectivity index (χ3n) is 5.07. The summed E-state index contributed by atoms with van der Waals surface area (Å²) >= 11 is 0. The Labute approximate surface area is 166 Å². The highest BCUT2D eigenvalue weighted by Crippen LogP contribution is 2.20. The number of hydrogen-bond acceptors (Lipinski definition) is 4. The molecule has 1 aliphatic rings. The van der Waals surface area contributed by atoms with Crippen LogP contribution in [0.1, 0.15) is 18.1 Å². The first-order chi connectivity index (χ1) is 13.3. The number of nitrogens with zero attached hydrogens (tertiary/aromatic N) is 2. The Balaban J connectivity index is 1.59. The minimum atomic E-state index is -3.52. The Morgan fingerprint density at radius 1 is 0.964 bits per heavy atom. The lowest BCUT2D eigenvalue weighted by atomic mass is 10.1. The van der Waals surface area contributed by atoms with Crippen LogP contribution < -0.4 is 4.74 Å². The van der Waals surface area contributed by atoms with Gasteiger partial charge in [0.05, 0.1) is 4.90 Å². The number of piperazine rings is 1. The highest BCUT2D eigenvalue weighted by molar-refractivity contribution is 7.89. The van der Waals surface area contributed by atoms with E-state index < -0.39 is 16.1 Å². The average molecular weight is 403 g/mol. The molecular formula is C21H26N2O4S. The molecule has 1 saturated heterocycles. The van der Waals surface area contributed by atoms with E-state index in [-0.39, 0.29) is 23.9 Å². The fourth-order valence-corrected chi connectivity index (χ4v) is 4.63. The van der Waals surface area contributed by atoms with Crippen molar-refractivity contribution in [2.75, 3.05) is 26.2 Å². The van der Waals surface area contributed by atoms with Gasteiger partial charge in [-0.3, -0.25) is 4.79 Å². The molecule has 1 atom stereocenters. The second-order valence-electron chi connectivity index (χ2n) is 7.05. The van der Waals surface area contributed by atoms with Gasteiger partial charge in [0, 0.05) is 26.2 Å². The van der Waals surface area contributed by atoms with Crippen LogP contribution in [0.25, 0.3) is 0 Å². The molecule has 3 rings (SSSR count). The average Bonchev–Trinajstić information content (AvgIpc) is 2.71. The molecule has 6 nitrogen and oxygen atoms in total. The van der Waals surface area contributed by atoms with Crippen LogP contribution in [0.4, 0.5) is 0 Å². The number of carbonyl (C=O) groups is 1. The van der Waals surface area contributed by atoms with E-state index in [1.807, 2.05) is 32.0 Å². The molecule has 1 aliphatic heterocycles. The zero-order valence-electron chi connectivity index (χ0n) is 16.5. The maximum Gasteiger partial charge on any atom is 0.263 e. The molecule has 28 heavy (non-hydrogen) atoms. The van der Waals surface area contributed by atoms with E-state index in [4.69, 9.17) is 4.74 Å². The number of sulfonamides is 1. The maximum absolute atomic E-state index is 12.7. The first-order valence-corrected chi connectivity index (χ1v) is 10.8. The largest absolute Gasteiger partial charge is 0.481 e.